The summed E-state index contributed by atoms with van der Waals surface area (Å²) in [7, 11) is 3.81. The summed E-state index contributed by atoms with van der Waals surface area (Å²) in [4.78, 5) is 27.7. The van der Waals surface area contributed by atoms with Crippen LogP contribution in [0.15, 0.2) is 24.3 Å². The summed E-state index contributed by atoms with van der Waals surface area (Å²) in [6, 6.07) is 6.13. The van der Waals surface area contributed by atoms with Crippen LogP contribution >= 0.6 is 0 Å². The Balaban J connectivity index is 2.67. The Morgan fingerprint density at radius 2 is 1.88 bits per heavy atom. The van der Waals surface area contributed by atoms with E-state index in [1.54, 1.807) is 37.8 Å². The molecule has 1 rings (SSSR count). The lowest BCUT2D eigenvalue weighted by molar-refractivity contribution is -0.131. The number of rotatable bonds is 7. The molecule has 6 nitrogen and oxygen atoms in total. The molecular weight excluding hydrogens is 325 g/mol. The van der Waals surface area contributed by atoms with Crippen molar-refractivity contribution >= 4 is 12.0 Å². The third kappa shape index (κ3) is 9.05. The molecule has 25 heavy (non-hydrogen) atoms. The molecule has 0 unspecified atom stereocenters. The van der Waals surface area contributed by atoms with Gasteiger partial charge in [-0.15, -0.1) is 0 Å². The first-order valence-electron chi connectivity index (χ1n) is 8.20. The van der Waals surface area contributed by atoms with E-state index in [2.05, 4.69) is 5.32 Å². The van der Waals surface area contributed by atoms with Crippen LogP contribution in [0.5, 0.6) is 0 Å². The van der Waals surface area contributed by atoms with Crippen molar-refractivity contribution in [3.63, 3.8) is 0 Å². The predicted octanol–water partition coefficient (Wildman–Crippen LogP) is 2.24. The number of alkyl carbamates (subject to hydrolysis) is 1. The molecule has 140 valence electrons. The van der Waals surface area contributed by atoms with Gasteiger partial charge < -0.3 is 19.9 Å². The molecule has 0 atom stereocenters. The van der Waals surface area contributed by atoms with Gasteiger partial charge >= 0.3 is 6.09 Å². The topological polar surface area (TPSA) is 61.9 Å². The minimum absolute atomic E-state index is 0.169. The fourth-order valence-corrected chi connectivity index (χ4v) is 2.04. The van der Waals surface area contributed by atoms with Crippen LogP contribution in [0.4, 0.5) is 9.18 Å². The second-order valence-corrected chi connectivity index (χ2v) is 7.10. The number of ether oxygens (including phenoxy) is 1. The first kappa shape index (κ1) is 20.9. The average molecular weight is 353 g/mol. The Morgan fingerprint density at radius 3 is 2.44 bits per heavy atom. The molecule has 0 aliphatic rings. The van der Waals surface area contributed by atoms with Crippen LogP contribution in [0.1, 0.15) is 26.3 Å². The Hall–Kier alpha value is -2.15. The lowest BCUT2D eigenvalue weighted by atomic mass is 10.2. The van der Waals surface area contributed by atoms with Crippen LogP contribution in [0.3, 0.4) is 0 Å². The Morgan fingerprint density at radius 1 is 1.20 bits per heavy atom. The molecule has 2 amide bonds. The highest BCUT2D eigenvalue weighted by Crippen LogP contribution is 2.09. The molecule has 0 saturated heterocycles. The van der Waals surface area contributed by atoms with Gasteiger partial charge in [-0.05, 0) is 52.6 Å². The summed E-state index contributed by atoms with van der Waals surface area (Å²) in [5, 5.41) is 2.46. The zero-order valence-corrected chi connectivity index (χ0v) is 15.6. The Labute approximate surface area is 148 Å². The molecule has 0 bridgehead atoms. The number of carbonyl (C=O) groups excluding carboxylic acids is 2. The van der Waals surface area contributed by atoms with Gasteiger partial charge in [-0.2, -0.15) is 0 Å². The maximum atomic E-state index is 13.4. The van der Waals surface area contributed by atoms with Crippen molar-refractivity contribution in [1.82, 2.24) is 15.1 Å². The lowest BCUT2D eigenvalue weighted by Gasteiger charge is -2.25. The molecule has 0 spiro atoms. The molecule has 1 N–H and O–H groups in total. The summed E-state index contributed by atoms with van der Waals surface area (Å²) in [6.45, 7) is 6.50. The maximum absolute atomic E-state index is 13.4. The number of hydrogen-bond donors (Lipinski definition) is 1. The van der Waals surface area contributed by atoms with E-state index in [0.29, 0.717) is 18.7 Å². The summed E-state index contributed by atoms with van der Waals surface area (Å²) in [6.07, 6.45) is -0.640. The van der Waals surface area contributed by atoms with Crippen molar-refractivity contribution in [1.29, 1.82) is 0 Å². The van der Waals surface area contributed by atoms with Gasteiger partial charge in [0.1, 0.15) is 18.0 Å². The van der Waals surface area contributed by atoms with Crippen LogP contribution in [0.2, 0.25) is 0 Å². The maximum Gasteiger partial charge on any atom is 0.408 e. The fraction of sp³-hybridized carbons (Fsp3) is 0.556. The van der Waals surface area contributed by atoms with E-state index in [9.17, 15) is 14.0 Å². The monoisotopic (exact) mass is 353 g/mol. The highest BCUT2D eigenvalue weighted by Gasteiger charge is 2.19. The van der Waals surface area contributed by atoms with Crippen molar-refractivity contribution in [3.05, 3.63) is 35.6 Å². The van der Waals surface area contributed by atoms with Crippen LogP contribution in [-0.4, -0.2) is 61.1 Å². The number of halogens is 1. The third-order valence-electron chi connectivity index (χ3n) is 3.22. The molecule has 1 aromatic rings. The number of nitrogens with one attached hydrogen (secondary N) is 1. The average Bonchev–Trinajstić information content (AvgIpc) is 2.47. The van der Waals surface area contributed by atoms with Gasteiger partial charge in [0.15, 0.2) is 0 Å². The molecule has 0 aliphatic carbocycles. The predicted molar refractivity (Wildman–Crippen MR) is 94.6 cm³/mol. The van der Waals surface area contributed by atoms with Crippen LogP contribution in [0.25, 0.3) is 0 Å². The van der Waals surface area contributed by atoms with E-state index in [4.69, 9.17) is 4.74 Å². The normalized spacial score (nSPS) is 11.3. The molecule has 0 saturated carbocycles. The van der Waals surface area contributed by atoms with Gasteiger partial charge in [0.05, 0.1) is 0 Å². The third-order valence-corrected chi connectivity index (χ3v) is 3.22. The largest absolute Gasteiger partial charge is 0.444 e. The van der Waals surface area contributed by atoms with E-state index in [-0.39, 0.29) is 24.8 Å². The highest BCUT2D eigenvalue weighted by atomic mass is 19.1. The molecule has 0 fully saturated rings. The first-order valence-corrected chi connectivity index (χ1v) is 8.20. The zero-order valence-electron chi connectivity index (χ0n) is 15.6. The summed E-state index contributed by atoms with van der Waals surface area (Å²) < 4.78 is 18.5. The second-order valence-electron chi connectivity index (χ2n) is 7.10. The minimum atomic E-state index is -0.640. The number of hydrogen-bond acceptors (Lipinski definition) is 4. The van der Waals surface area contributed by atoms with Gasteiger partial charge in [-0.25, -0.2) is 9.18 Å². The molecule has 0 aromatic heterocycles. The standard InChI is InChI=1S/C18H28FN3O3/c1-18(2,3)25-17(24)20-12-16(23)22(10-9-21(4)5)13-14-7-6-8-15(19)11-14/h6-8,11H,9-10,12-13H2,1-5H3,(H,20,24). The van der Waals surface area contributed by atoms with Crippen LogP contribution in [0, 0.1) is 5.82 Å². The van der Waals surface area contributed by atoms with E-state index < -0.39 is 11.7 Å². The smallest absolute Gasteiger partial charge is 0.408 e. The first-order chi connectivity index (χ1) is 11.6. The quantitative estimate of drug-likeness (QED) is 0.817. The van der Waals surface area contributed by atoms with Crippen molar-refractivity contribution in [2.24, 2.45) is 0 Å². The summed E-state index contributed by atoms with van der Waals surface area (Å²) >= 11 is 0. The van der Waals surface area contributed by atoms with Gasteiger partial charge in [-0.3, -0.25) is 4.79 Å². The number of carbonyl (C=O) groups is 2. The summed E-state index contributed by atoms with van der Waals surface area (Å²) in [5.74, 6) is -0.596. The lowest BCUT2D eigenvalue weighted by Crippen LogP contribution is -2.43. The SMILES string of the molecule is CN(C)CCN(Cc1cccc(F)c1)C(=O)CNC(=O)OC(C)(C)C. The number of amides is 2. The van der Waals surface area contributed by atoms with Gasteiger partial charge in [0.2, 0.25) is 5.91 Å². The summed E-state index contributed by atoms with van der Waals surface area (Å²) in [5.41, 5.74) is 0.0728. The fourth-order valence-electron chi connectivity index (χ4n) is 2.04. The van der Waals surface area contributed by atoms with Crippen molar-refractivity contribution in [3.8, 4) is 0 Å². The van der Waals surface area contributed by atoms with Crippen LogP contribution in [-0.2, 0) is 16.1 Å². The van der Waals surface area contributed by atoms with Crippen molar-refractivity contribution < 1.29 is 18.7 Å². The van der Waals surface area contributed by atoms with E-state index in [1.807, 2.05) is 19.0 Å². The highest BCUT2D eigenvalue weighted by molar-refractivity contribution is 5.82. The zero-order chi connectivity index (χ0) is 19.0. The Bertz CT molecular complexity index is 585. The molecule has 0 radical (unpaired) electrons. The van der Waals surface area contributed by atoms with E-state index in [1.165, 1.54) is 12.1 Å². The van der Waals surface area contributed by atoms with Gasteiger partial charge in [0.25, 0.3) is 0 Å². The molecule has 0 heterocycles. The van der Waals surface area contributed by atoms with Crippen molar-refractivity contribution in [2.75, 3.05) is 33.7 Å². The Kier molecular flexibility index (Phi) is 7.83. The molecular formula is C18H28FN3O3. The minimum Gasteiger partial charge on any atom is -0.444 e. The van der Waals surface area contributed by atoms with E-state index >= 15 is 0 Å². The van der Waals surface area contributed by atoms with Crippen LogP contribution < -0.4 is 5.32 Å². The van der Waals surface area contributed by atoms with E-state index in [0.717, 1.165) is 0 Å². The second kappa shape index (κ2) is 9.36. The van der Waals surface area contributed by atoms with Gasteiger partial charge in [-0.1, -0.05) is 12.1 Å². The van der Waals surface area contributed by atoms with Crippen molar-refractivity contribution in [2.45, 2.75) is 32.9 Å². The molecule has 7 heteroatoms. The number of likely N-dealkylation sites (N-methyl/N-ethyl adjacent to an activating group) is 1. The number of benzene rings is 1. The molecule has 1 aromatic carbocycles. The van der Waals surface area contributed by atoms with Gasteiger partial charge in [0, 0.05) is 19.6 Å². The molecule has 0 aliphatic heterocycles. The number of nitrogens with zero attached hydrogens (tertiary/aromatic N) is 2.